The Hall–Kier alpha value is -0.590. The van der Waals surface area contributed by atoms with E-state index in [1.807, 2.05) is 6.92 Å². The summed E-state index contributed by atoms with van der Waals surface area (Å²) in [7, 11) is 0. The van der Waals surface area contributed by atoms with Crippen LogP contribution in [-0.4, -0.2) is 36.7 Å². The van der Waals surface area contributed by atoms with Gasteiger partial charge in [-0.2, -0.15) is 5.26 Å². The summed E-state index contributed by atoms with van der Waals surface area (Å²) in [5, 5.41) is 8.77. The Kier molecular flexibility index (Phi) is 5.07. The van der Waals surface area contributed by atoms with Crippen LogP contribution < -0.4 is 0 Å². The second kappa shape index (κ2) is 6.09. The quantitative estimate of drug-likeness (QED) is 0.696. The normalized spacial score (nSPS) is 27.9. The molecule has 86 valence electrons. The zero-order valence-corrected chi connectivity index (χ0v) is 10.1. The maximum Gasteiger partial charge on any atom is 0.0706 e. The molecule has 1 fully saturated rings. The van der Waals surface area contributed by atoms with Crippen molar-refractivity contribution < 1.29 is 4.74 Å². The zero-order chi connectivity index (χ0) is 11.3. The van der Waals surface area contributed by atoms with Crippen molar-refractivity contribution in [2.75, 3.05) is 19.6 Å². The SMILES string of the molecule is CCN(CC(C)C#N)CC1CCC(C)O1. The van der Waals surface area contributed by atoms with E-state index < -0.39 is 0 Å². The highest BCUT2D eigenvalue weighted by Gasteiger charge is 2.23. The van der Waals surface area contributed by atoms with E-state index in [1.165, 1.54) is 12.8 Å². The van der Waals surface area contributed by atoms with Crippen molar-refractivity contribution in [3.05, 3.63) is 0 Å². The molecule has 0 N–H and O–H groups in total. The van der Waals surface area contributed by atoms with Gasteiger partial charge < -0.3 is 4.74 Å². The standard InChI is InChI=1S/C12H22N2O/c1-4-14(8-10(2)7-13)9-12-6-5-11(3)15-12/h10-12H,4-6,8-9H2,1-3H3. The van der Waals surface area contributed by atoms with Gasteiger partial charge in [0.25, 0.3) is 0 Å². The van der Waals surface area contributed by atoms with E-state index in [-0.39, 0.29) is 5.92 Å². The number of ether oxygens (including phenoxy) is 1. The Labute approximate surface area is 93.0 Å². The molecule has 15 heavy (non-hydrogen) atoms. The lowest BCUT2D eigenvalue weighted by molar-refractivity contribution is 0.0311. The predicted molar refractivity (Wildman–Crippen MR) is 60.5 cm³/mol. The number of nitriles is 1. The first-order valence-electron chi connectivity index (χ1n) is 5.93. The first kappa shape index (κ1) is 12.5. The molecule has 1 aliphatic rings. The van der Waals surface area contributed by atoms with E-state index >= 15 is 0 Å². The van der Waals surface area contributed by atoms with Crippen molar-refractivity contribution in [2.45, 2.75) is 45.8 Å². The van der Waals surface area contributed by atoms with Crippen LogP contribution in [0.15, 0.2) is 0 Å². The highest BCUT2D eigenvalue weighted by atomic mass is 16.5. The lowest BCUT2D eigenvalue weighted by Crippen LogP contribution is -2.35. The maximum absolute atomic E-state index is 8.77. The lowest BCUT2D eigenvalue weighted by Gasteiger charge is -2.24. The summed E-state index contributed by atoms with van der Waals surface area (Å²) in [6, 6.07) is 2.28. The van der Waals surface area contributed by atoms with Crippen LogP contribution in [-0.2, 0) is 4.74 Å². The second-order valence-corrected chi connectivity index (χ2v) is 4.53. The molecular weight excluding hydrogens is 188 g/mol. The van der Waals surface area contributed by atoms with Crippen molar-refractivity contribution in [2.24, 2.45) is 5.92 Å². The average molecular weight is 210 g/mol. The fourth-order valence-electron chi connectivity index (χ4n) is 2.07. The minimum atomic E-state index is 0.115. The summed E-state index contributed by atoms with van der Waals surface area (Å²) in [5.74, 6) is 0.115. The highest BCUT2D eigenvalue weighted by molar-refractivity contribution is 4.82. The van der Waals surface area contributed by atoms with Gasteiger partial charge in [-0.05, 0) is 33.2 Å². The van der Waals surface area contributed by atoms with Crippen molar-refractivity contribution in [1.82, 2.24) is 4.90 Å². The minimum absolute atomic E-state index is 0.115. The molecule has 1 aliphatic heterocycles. The van der Waals surface area contributed by atoms with Gasteiger partial charge in [-0.1, -0.05) is 6.92 Å². The van der Waals surface area contributed by atoms with E-state index in [0.717, 1.165) is 19.6 Å². The Bertz CT molecular complexity index is 224. The first-order valence-corrected chi connectivity index (χ1v) is 5.93. The number of likely N-dealkylation sites (N-methyl/N-ethyl adjacent to an activating group) is 1. The Morgan fingerprint density at radius 3 is 2.73 bits per heavy atom. The molecule has 0 aromatic carbocycles. The molecule has 0 bridgehead atoms. The van der Waals surface area contributed by atoms with Crippen molar-refractivity contribution in [1.29, 1.82) is 5.26 Å². The molecule has 3 unspecified atom stereocenters. The van der Waals surface area contributed by atoms with Crippen LogP contribution in [0.1, 0.15) is 33.6 Å². The van der Waals surface area contributed by atoms with E-state index in [4.69, 9.17) is 10.00 Å². The number of hydrogen-bond donors (Lipinski definition) is 0. The summed E-state index contributed by atoms with van der Waals surface area (Å²) < 4.78 is 5.78. The topological polar surface area (TPSA) is 36.3 Å². The van der Waals surface area contributed by atoms with Crippen LogP contribution in [0.3, 0.4) is 0 Å². The van der Waals surface area contributed by atoms with Gasteiger partial charge in [0.05, 0.1) is 24.2 Å². The third-order valence-electron chi connectivity index (χ3n) is 2.98. The monoisotopic (exact) mass is 210 g/mol. The van der Waals surface area contributed by atoms with E-state index in [0.29, 0.717) is 12.2 Å². The molecular formula is C12H22N2O. The fraction of sp³-hybridized carbons (Fsp3) is 0.917. The molecule has 3 nitrogen and oxygen atoms in total. The summed E-state index contributed by atoms with van der Waals surface area (Å²) >= 11 is 0. The number of rotatable bonds is 5. The van der Waals surface area contributed by atoms with Crippen LogP contribution in [0.4, 0.5) is 0 Å². The molecule has 0 spiro atoms. The third kappa shape index (κ3) is 4.19. The zero-order valence-electron chi connectivity index (χ0n) is 10.1. The molecule has 1 saturated heterocycles. The van der Waals surface area contributed by atoms with Gasteiger partial charge in [-0.3, -0.25) is 4.90 Å². The van der Waals surface area contributed by atoms with E-state index in [1.54, 1.807) is 0 Å². The van der Waals surface area contributed by atoms with E-state index in [2.05, 4.69) is 24.8 Å². The molecule has 0 amide bonds. The average Bonchev–Trinajstić information content (AvgIpc) is 2.62. The lowest BCUT2D eigenvalue weighted by atomic mass is 10.1. The Morgan fingerprint density at radius 2 is 2.27 bits per heavy atom. The first-order chi connectivity index (χ1) is 7.15. The summed E-state index contributed by atoms with van der Waals surface area (Å²) in [6.07, 6.45) is 3.14. The minimum Gasteiger partial charge on any atom is -0.374 e. The van der Waals surface area contributed by atoms with Gasteiger partial charge in [0, 0.05) is 13.1 Å². The molecule has 1 heterocycles. The molecule has 0 aliphatic carbocycles. The predicted octanol–water partition coefficient (Wildman–Crippen LogP) is 2.04. The molecule has 3 atom stereocenters. The van der Waals surface area contributed by atoms with Gasteiger partial charge in [0.2, 0.25) is 0 Å². The van der Waals surface area contributed by atoms with Gasteiger partial charge in [0.15, 0.2) is 0 Å². The van der Waals surface area contributed by atoms with Crippen molar-refractivity contribution >= 4 is 0 Å². The molecule has 0 saturated carbocycles. The Balaban J connectivity index is 2.30. The Morgan fingerprint density at radius 1 is 1.53 bits per heavy atom. The van der Waals surface area contributed by atoms with Gasteiger partial charge >= 0.3 is 0 Å². The molecule has 3 heteroatoms. The molecule has 1 rings (SSSR count). The summed E-state index contributed by atoms with van der Waals surface area (Å²) in [6.45, 7) is 9.09. The van der Waals surface area contributed by atoms with Crippen LogP contribution >= 0.6 is 0 Å². The second-order valence-electron chi connectivity index (χ2n) is 4.53. The smallest absolute Gasteiger partial charge is 0.0706 e. The summed E-state index contributed by atoms with van der Waals surface area (Å²) in [5.41, 5.74) is 0. The fourth-order valence-corrected chi connectivity index (χ4v) is 2.07. The van der Waals surface area contributed by atoms with Crippen LogP contribution in [0.5, 0.6) is 0 Å². The van der Waals surface area contributed by atoms with Gasteiger partial charge in [-0.25, -0.2) is 0 Å². The number of hydrogen-bond acceptors (Lipinski definition) is 3. The molecule has 0 radical (unpaired) electrons. The maximum atomic E-state index is 8.77. The van der Waals surface area contributed by atoms with Crippen LogP contribution in [0.2, 0.25) is 0 Å². The molecule has 0 aromatic heterocycles. The van der Waals surface area contributed by atoms with Gasteiger partial charge in [0.1, 0.15) is 0 Å². The van der Waals surface area contributed by atoms with Crippen LogP contribution in [0, 0.1) is 17.2 Å². The van der Waals surface area contributed by atoms with Gasteiger partial charge in [-0.15, -0.1) is 0 Å². The number of nitrogens with zero attached hydrogens (tertiary/aromatic N) is 2. The van der Waals surface area contributed by atoms with Crippen molar-refractivity contribution in [3.63, 3.8) is 0 Å². The largest absolute Gasteiger partial charge is 0.374 e. The van der Waals surface area contributed by atoms with E-state index in [9.17, 15) is 0 Å². The third-order valence-corrected chi connectivity index (χ3v) is 2.98. The highest BCUT2D eigenvalue weighted by Crippen LogP contribution is 2.20. The summed E-state index contributed by atoms with van der Waals surface area (Å²) in [4.78, 5) is 2.32. The van der Waals surface area contributed by atoms with Crippen LogP contribution in [0.25, 0.3) is 0 Å². The molecule has 0 aromatic rings. The van der Waals surface area contributed by atoms with Crippen molar-refractivity contribution in [3.8, 4) is 6.07 Å².